The lowest BCUT2D eigenvalue weighted by Crippen LogP contribution is -2.06. The third kappa shape index (κ3) is 3.93. The minimum atomic E-state index is -0.622. The second-order valence-electron chi connectivity index (χ2n) is 5.93. The highest BCUT2D eigenvalue weighted by Crippen LogP contribution is 2.35. The first-order valence-electron chi connectivity index (χ1n) is 8.37. The average molecular weight is 451 g/mol. The van der Waals surface area contributed by atoms with Gasteiger partial charge in [0.2, 0.25) is 11.9 Å². The number of nitrogens with zero attached hydrogens (tertiary/aromatic N) is 4. The van der Waals surface area contributed by atoms with Crippen molar-refractivity contribution in [3.63, 3.8) is 0 Å². The fourth-order valence-corrected chi connectivity index (χ4v) is 3.25. The highest BCUT2D eigenvalue weighted by Gasteiger charge is 2.12. The highest BCUT2D eigenvalue weighted by molar-refractivity contribution is 9.10. The average Bonchev–Trinajstić information content (AvgIpc) is 2.71. The number of nitrogens with two attached hydrogens (primary N) is 1. The fraction of sp³-hybridized carbons (Fsp3) is 0. The molecule has 4 rings (SSSR count). The molecule has 3 N–H and O–H groups in total. The molecule has 3 aromatic carbocycles. The lowest BCUT2D eigenvalue weighted by molar-refractivity contribution is 0.440. The third-order valence-corrected chi connectivity index (χ3v) is 4.82. The van der Waals surface area contributed by atoms with Crippen LogP contribution in [0.2, 0.25) is 0 Å². The number of hydrogen-bond donors (Lipinski definition) is 2. The van der Waals surface area contributed by atoms with E-state index in [1.807, 2.05) is 36.4 Å². The second kappa shape index (κ2) is 7.69. The Balaban J connectivity index is 1.64. The van der Waals surface area contributed by atoms with Crippen LogP contribution >= 0.6 is 15.9 Å². The van der Waals surface area contributed by atoms with Crippen LogP contribution in [-0.2, 0) is 0 Å². The molecule has 0 radical (unpaired) electrons. The summed E-state index contributed by atoms with van der Waals surface area (Å²) in [5, 5.41) is 13.6. The van der Waals surface area contributed by atoms with Crippen molar-refractivity contribution in [1.29, 1.82) is 5.26 Å². The second-order valence-corrected chi connectivity index (χ2v) is 6.73. The van der Waals surface area contributed by atoms with Crippen LogP contribution in [0.4, 0.5) is 22.0 Å². The molecule has 0 saturated heterocycles. The van der Waals surface area contributed by atoms with E-state index in [1.54, 1.807) is 6.07 Å². The smallest absolute Gasteiger partial charge is 0.328 e. The zero-order chi connectivity index (χ0) is 20.4. The van der Waals surface area contributed by atoms with Gasteiger partial charge in [0.1, 0.15) is 11.6 Å². The lowest BCUT2D eigenvalue weighted by atomic mass is 10.1. The Kier molecular flexibility index (Phi) is 4.93. The van der Waals surface area contributed by atoms with E-state index < -0.39 is 5.82 Å². The molecule has 0 unspecified atom stereocenters. The van der Waals surface area contributed by atoms with Crippen molar-refractivity contribution in [3.05, 3.63) is 70.5 Å². The maximum absolute atomic E-state index is 14.1. The standard InChI is InChI=1S/C20H12BrFN6O/c21-17-13-4-2-1-3-12(13)6-8-16(17)29-20-27-18(24)26-19(28-20)25-15-7-5-11(10-23)9-14(15)22/h1-9H,(H3,24,25,26,27,28). The highest BCUT2D eigenvalue weighted by atomic mass is 79.9. The summed E-state index contributed by atoms with van der Waals surface area (Å²) in [7, 11) is 0. The molecule has 29 heavy (non-hydrogen) atoms. The van der Waals surface area contributed by atoms with E-state index >= 15 is 0 Å². The summed E-state index contributed by atoms with van der Waals surface area (Å²) in [6.45, 7) is 0. The minimum absolute atomic E-state index is 0.00743. The Bertz CT molecular complexity index is 1270. The van der Waals surface area contributed by atoms with Crippen LogP contribution in [0.25, 0.3) is 10.8 Å². The van der Waals surface area contributed by atoms with Crippen molar-refractivity contribution in [2.45, 2.75) is 0 Å². The van der Waals surface area contributed by atoms with Gasteiger partial charge in [-0.25, -0.2) is 4.39 Å². The van der Waals surface area contributed by atoms with Gasteiger partial charge in [0.05, 0.1) is 21.8 Å². The predicted octanol–water partition coefficient (Wildman–Crippen LogP) is 4.92. The van der Waals surface area contributed by atoms with Crippen LogP contribution < -0.4 is 15.8 Å². The summed E-state index contributed by atoms with van der Waals surface area (Å²) in [4.78, 5) is 12.1. The Morgan fingerprint density at radius 1 is 1.07 bits per heavy atom. The van der Waals surface area contributed by atoms with Crippen LogP contribution in [0, 0.1) is 17.1 Å². The molecule has 0 atom stereocenters. The van der Waals surface area contributed by atoms with Crippen LogP contribution in [-0.4, -0.2) is 15.0 Å². The van der Waals surface area contributed by atoms with E-state index in [9.17, 15) is 4.39 Å². The number of ether oxygens (including phenoxy) is 1. The summed E-state index contributed by atoms with van der Waals surface area (Å²) >= 11 is 3.53. The van der Waals surface area contributed by atoms with Gasteiger partial charge in [0.25, 0.3) is 0 Å². The minimum Gasteiger partial charge on any atom is -0.423 e. The normalized spacial score (nSPS) is 10.5. The number of hydrogen-bond acceptors (Lipinski definition) is 7. The molecule has 0 aliphatic rings. The molecule has 1 heterocycles. The molecule has 0 spiro atoms. The van der Waals surface area contributed by atoms with E-state index in [-0.39, 0.29) is 29.2 Å². The largest absolute Gasteiger partial charge is 0.423 e. The number of nitrogens with one attached hydrogen (secondary N) is 1. The van der Waals surface area contributed by atoms with Gasteiger partial charge in [0.15, 0.2) is 0 Å². The van der Waals surface area contributed by atoms with Crippen LogP contribution in [0.5, 0.6) is 11.8 Å². The number of aromatic nitrogens is 3. The van der Waals surface area contributed by atoms with E-state index in [0.29, 0.717) is 5.75 Å². The van der Waals surface area contributed by atoms with Crippen molar-refractivity contribution in [1.82, 2.24) is 15.0 Å². The van der Waals surface area contributed by atoms with Gasteiger partial charge in [0, 0.05) is 0 Å². The first-order chi connectivity index (χ1) is 14.0. The first-order valence-corrected chi connectivity index (χ1v) is 9.16. The first kappa shape index (κ1) is 18.6. The monoisotopic (exact) mass is 450 g/mol. The summed E-state index contributed by atoms with van der Waals surface area (Å²) in [5.41, 5.74) is 6.04. The van der Waals surface area contributed by atoms with E-state index in [4.69, 9.17) is 15.7 Å². The van der Waals surface area contributed by atoms with Crippen molar-refractivity contribution in [3.8, 4) is 17.8 Å². The topological polar surface area (TPSA) is 110 Å². The predicted molar refractivity (Wildman–Crippen MR) is 110 cm³/mol. The summed E-state index contributed by atoms with van der Waals surface area (Å²) in [6.07, 6.45) is 0. The molecule has 0 amide bonds. The molecule has 7 nitrogen and oxygen atoms in total. The third-order valence-electron chi connectivity index (χ3n) is 4.01. The van der Waals surface area contributed by atoms with Gasteiger partial charge in [-0.15, -0.1) is 0 Å². The Morgan fingerprint density at radius 2 is 1.90 bits per heavy atom. The van der Waals surface area contributed by atoms with Gasteiger partial charge in [-0.05, 0) is 51.0 Å². The fourth-order valence-electron chi connectivity index (χ4n) is 2.67. The van der Waals surface area contributed by atoms with Crippen molar-refractivity contribution < 1.29 is 9.13 Å². The quantitative estimate of drug-likeness (QED) is 0.453. The molecule has 1 aromatic heterocycles. The number of nitrogen functional groups attached to an aromatic ring is 1. The molecular formula is C20H12BrFN6O. The zero-order valence-corrected chi connectivity index (χ0v) is 16.3. The van der Waals surface area contributed by atoms with E-state index in [1.165, 1.54) is 12.1 Å². The van der Waals surface area contributed by atoms with Crippen molar-refractivity contribution >= 4 is 44.3 Å². The molecule has 9 heteroatoms. The Hall–Kier alpha value is -3.77. The molecule has 0 fully saturated rings. The summed E-state index contributed by atoms with van der Waals surface area (Å²) in [5.74, 6) is -0.218. The molecule has 0 bridgehead atoms. The van der Waals surface area contributed by atoms with Crippen molar-refractivity contribution in [2.75, 3.05) is 11.1 Å². The van der Waals surface area contributed by atoms with Gasteiger partial charge >= 0.3 is 6.01 Å². The number of anilines is 3. The lowest BCUT2D eigenvalue weighted by Gasteiger charge is -2.11. The number of benzene rings is 3. The van der Waals surface area contributed by atoms with Crippen LogP contribution in [0.15, 0.2) is 59.1 Å². The van der Waals surface area contributed by atoms with Crippen LogP contribution in [0.3, 0.4) is 0 Å². The number of halogens is 2. The van der Waals surface area contributed by atoms with E-state index in [2.05, 4.69) is 36.2 Å². The number of rotatable bonds is 4. The molecule has 0 aliphatic heterocycles. The molecule has 142 valence electrons. The SMILES string of the molecule is N#Cc1ccc(Nc2nc(N)nc(Oc3ccc4ccccc4c3Br)n2)c(F)c1. The van der Waals surface area contributed by atoms with Crippen molar-refractivity contribution in [2.24, 2.45) is 0 Å². The maximum Gasteiger partial charge on any atom is 0.328 e. The summed E-state index contributed by atoms with van der Waals surface area (Å²) < 4.78 is 20.6. The maximum atomic E-state index is 14.1. The van der Waals surface area contributed by atoms with Gasteiger partial charge in [-0.1, -0.05) is 30.3 Å². The van der Waals surface area contributed by atoms with Crippen LogP contribution in [0.1, 0.15) is 5.56 Å². The number of nitriles is 1. The molecule has 4 aromatic rings. The van der Waals surface area contributed by atoms with E-state index in [0.717, 1.165) is 21.3 Å². The zero-order valence-electron chi connectivity index (χ0n) is 14.7. The van der Waals surface area contributed by atoms with Gasteiger partial charge < -0.3 is 15.8 Å². The Labute approximate surface area is 173 Å². The molecule has 0 saturated carbocycles. The molecule has 0 aliphatic carbocycles. The van der Waals surface area contributed by atoms with Gasteiger partial charge in [-0.2, -0.15) is 20.2 Å². The van der Waals surface area contributed by atoms with Gasteiger partial charge in [-0.3, -0.25) is 0 Å². The number of fused-ring (bicyclic) bond motifs is 1. The summed E-state index contributed by atoms with van der Waals surface area (Å²) in [6, 6.07) is 17.3. The molecular weight excluding hydrogens is 439 g/mol. The Morgan fingerprint density at radius 3 is 2.69 bits per heavy atom.